The van der Waals surface area contributed by atoms with E-state index in [-0.39, 0.29) is 9.68 Å². The van der Waals surface area contributed by atoms with Crippen molar-refractivity contribution in [3.05, 3.63) is 0 Å². The minimum Gasteiger partial charge on any atom is -0.324 e. The fraction of sp³-hybridized carbons (Fsp3) is 1.00. The zero-order valence-electron chi connectivity index (χ0n) is 12.6. The van der Waals surface area contributed by atoms with Crippen LogP contribution in [0, 0.1) is 0 Å². The van der Waals surface area contributed by atoms with E-state index in [4.69, 9.17) is 0 Å². The van der Waals surface area contributed by atoms with Gasteiger partial charge in [-0.15, -0.1) is 0 Å². The Labute approximate surface area is 107 Å². The molecule has 0 rings (SSSR count). The topological polar surface area (TPSA) is 3.24 Å². The highest BCUT2D eigenvalue weighted by molar-refractivity contribution is 6.76. The summed E-state index contributed by atoms with van der Waals surface area (Å²) in [7, 11) is -0.809. The van der Waals surface area contributed by atoms with E-state index in [0.717, 1.165) is 12.1 Å². The normalized spacial score (nSPS) is 17.2. The molecular formula is C13H33NSi2. The van der Waals surface area contributed by atoms with Gasteiger partial charge < -0.3 is 4.57 Å². The summed E-state index contributed by atoms with van der Waals surface area (Å²) in [5.74, 6) is 0. The van der Waals surface area contributed by atoms with E-state index in [1.165, 1.54) is 24.9 Å². The second-order valence-corrected chi connectivity index (χ2v) is 13.9. The zero-order valence-corrected chi connectivity index (χ0v) is 15.1. The first kappa shape index (κ1) is 16.4. The predicted molar refractivity (Wildman–Crippen MR) is 82.8 cm³/mol. The summed E-state index contributed by atoms with van der Waals surface area (Å²) >= 11 is 0. The minimum absolute atomic E-state index is 0.00336. The highest BCUT2D eigenvalue weighted by atomic mass is 28.3. The quantitative estimate of drug-likeness (QED) is 0.601. The van der Waals surface area contributed by atoms with Crippen molar-refractivity contribution in [2.45, 2.75) is 84.3 Å². The highest BCUT2D eigenvalue weighted by Crippen LogP contribution is 2.15. The standard InChI is InChI=1S/C13H33NSi2/c1-8-12(3)14(13(4)9-2)15-10-11-16(5,6)7/h12-13H,8-11,15H2,1-7H3. The van der Waals surface area contributed by atoms with Crippen LogP contribution in [0.1, 0.15) is 40.5 Å². The van der Waals surface area contributed by atoms with Gasteiger partial charge in [0.2, 0.25) is 0 Å². The van der Waals surface area contributed by atoms with Crippen LogP contribution in [-0.4, -0.2) is 34.4 Å². The lowest BCUT2D eigenvalue weighted by atomic mass is 10.2. The van der Waals surface area contributed by atoms with Crippen LogP contribution in [0.2, 0.25) is 31.7 Å². The van der Waals surface area contributed by atoms with E-state index in [9.17, 15) is 0 Å². The van der Waals surface area contributed by atoms with Crippen LogP contribution < -0.4 is 0 Å². The maximum absolute atomic E-state index is 2.85. The lowest BCUT2D eigenvalue weighted by Crippen LogP contribution is -2.42. The molecule has 2 atom stereocenters. The van der Waals surface area contributed by atoms with Gasteiger partial charge in [-0.05, 0) is 24.9 Å². The van der Waals surface area contributed by atoms with Crippen molar-refractivity contribution in [2.24, 2.45) is 0 Å². The molecule has 0 saturated carbocycles. The first-order chi connectivity index (χ1) is 7.31. The largest absolute Gasteiger partial charge is 0.324 e. The Balaban J connectivity index is 4.12. The molecule has 0 aliphatic carbocycles. The van der Waals surface area contributed by atoms with E-state index in [1.807, 2.05) is 0 Å². The summed E-state index contributed by atoms with van der Waals surface area (Å²) in [5, 5.41) is 0. The maximum atomic E-state index is 2.85. The van der Waals surface area contributed by atoms with Crippen LogP contribution in [0.3, 0.4) is 0 Å². The maximum Gasteiger partial charge on any atom is 0.0954 e. The van der Waals surface area contributed by atoms with Gasteiger partial charge in [-0.25, -0.2) is 0 Å². The van der Waals surface area contributed by atoms with Crippen LogP contribution >= 0.6 is 0 Å². The van der Waals surface area contributed by atoms with Gasteiger partial charge in [0.05, 0.1) is 9.68 Å². The summed E-state index contributed by atoms with van der Waals surface area (Å²) in [6, 6.07) is 4.68. The molecule has 3 heteroatoms. The molecule has 0 fully saturated rings. The van der Waals surface area contributed by atoms with Crippen molar-refractivity contribution in [3.8, 4) is 0 Å². The molecule has 0 N–H and O–H groups in total. The molecule has 0 aliphatic heterocycles. The second kappa shape index (κ2) is 7.67. The Hall–Kier alpha value is 0.394. The predicted octanol–water partition coefficient (Wildman–Crippen LogP) is 3.73. The summed E-state index contributed by atoms with van der Waals surface area (Å²) in [6.07, 6.45) is 2.62. The van der Waals surface area contributed by atoms with E-state index < -0.39 is 8.07 Å². The molecule has 16 heavy (non-hydrogen) atoms. The Bertz CT molecular complexity index is 167. The third kappa shape index (κ3) is 6.87. The Kier molecular flexibility index (Phi) is 7.86. The first-order valence-corrected chi connectivity index (χ1v) is 12.4. The van der Waals surface area contributed by atoms with Crippen LogP contribution in [-0.2, 0) is 0 Å². The molecule has 1 nitrogen and oxygen atoms in total. The molecule has 0 radical (unpaired) electrons. The van der Waals surface area contributed by atoms with Crippen molar-refractivity contribution in [3.63, 3.8) is 0 Å². The van der Waals surface area contributed by atoms with Crippen molar-refractivity contribution in [1.82, 2.24) is 4.57 Å². The molecule has 98 valence electrons. The van der Waals surface area contributed by atoms with Gasteiger partial charge in [-0.3, -0.25) is 0 Å². The molecule has 0 amide bonds. The lowest BCUT2D eigenvalue weighted by molar-refractivity contribution is 0.268. The van der Waals surface area contributed by atoms with E-state index in [0.29, 0.717) is 0 Å². The zero-order chi connectivity index (χ0) is 12.8. The molecule has 2 unspecified atom stereocenters. The summed E-state index contributed by atoms with van der Waals surface area (Å²) in [5.41, 5.74) is 0. The number of hydrogen-bond donors (Lipinski definition) is 0. The third-order valence-corrected chi connectivity index (χ3v) is 8.65. The van der Waals surface area contributed by atoms with Gasteiger partial charge >= 0.3 is 0 Å². The molecule has 0 spiro atoms. The van der Waals surface area contributed by atoms with E-state index in [2.05, 4.69) is 51.9 Å². The van der Waals surface area contributed by atoms with Crippen molar-refractivity contribution in [2.75, 3.05) is 0 Å². The van der Waals surface area contributed by atoms with Gasteiger partial charge in [0.1, 0.15) is 0 Å². The molecule has 0 aromatic carbocycles. The van der Waals surface area contributed by atoms with Gasteiger partial charge in [0, 0.05) is 8.07 Å². The number of nitrogens with zero attached hydrogens (tertiary/aromatic N) is 1. The van der Waals surface area contributed by atoms with E-state index in [1.54, 1.807) is 0 Å². The van der Waals surface area contributed by atoms with Gasteiger partial charge in [-0.2, -0.15) is 0 Å². The van der Waals surface area contributed by atoms with Crippen molar-refractivity contribution in [1.29, 1.82) is 0 Å². The second-order valence-electron chi connectivity index (χ2n) is 6.42. The van der Waals surface area contributed by atoms with Crippen LogP contribution in [0.15, 0.2) is 0 Å². The fourth-order valence-corrected chi connectivity index (χ4v) is 8.77. The summed E-state index contributed by atoms with van der Waals surface area (Å²) < 4.78 is 2.85. The fourth-order valence-electron chi connectivity index (χ4n) is 2.14. The summed E-state index contributed by atoms with van der Waals surface area (Å²) in [4.78, 5) is 0. The molecule has 0 aromatic heterocycles. The molecular weight excluding hydrogens is 226 g/mol. The molecule has 0 aliphatic rings. The minimum atomic E-state index is -0.806. The SMILES string of the molecule is CCC(C)N([SiH2]CC[Si](C)(C)C)C(C)CC. The molecule has 0 saturated heterocycles. The first-order valence-electron chi connectivity index (χ1n) is 7.07. The van der Waals surface area contributed by atoms with Crippen LogP contribution in [0.25, 0.3) is 0 Å². The lowest BCUT2D eigenvalue weighted by Gasteiger charge is -2.34. The average Bonchev–Trinajstić information content (AvgIpc) is 2.21. The van der Waals surface area contributed by atoms with Crippen molar-refractivity contribution < 1.29 is 0 Å². The van der Waals surface area contributed by atoms with Gasteiger partial charge in [0.15, 0.2) is 0 Å². The molecule has 0 heterocycles. The van der Waals surface area contributed by atoms with Crippen LogP contribution in [0.4, 0.5) is 0 Å². The summed E-state index contributed by atoms with van der Waals surface area (Å²) in [6.45, 7) is 17.0. The Morgan fingerprint density at radius 2 is 1.44 bits per heavy atom. The molecule has 0 aromatic rings. The third-order valence-electron chi connectivity index (χ3n) is 3.66. The highest BCUT2D eigenvalue weighted by Gasteiger charge is 2.19. The Morgan fingerprint density at radius 1 is 1.00 bits per heavy atom. The number of hydrogen-bond acceptors (Lipinski definition) is 1. The number of rotatable bonds is 8. The van der Waals surface area contributed by atoms with Gasteiger partial charge in [0.25, 0.3) is 0 Å². The Morgan fingerprint density at radius 3 is 1.75 bits per heavy atom. The smallest absolute Gasteiger partial charge is 0.0954 e. The van der Waals surface area contributed by atoms with Gasteiger partial charge in [-0.1, -0.05) is 59.4 Å². The van der Waals surface area contributed by atoms with Crippen LogP contribution in [0.5, 0.6) is 0 Å². The van der Waals surface area contributed by atoms with E-state index >= 15 is 0 Å². The molecule has 0 bridgehead atoms. The monoisotopic (exact) mass is 259 g/mol. The van der Waals surface area contributed by atoms with Crippen molar-refractivity contribution >= 4 is 17.8 Å². The average molecular weight is 260 g/mol.